The van der Waals surface area contributed by atoms with Gasteiger partial charge in [-0.25, -0.2) is 0 Å². The van der Waals surface area contributed by atoms with Crippen molar-refractivity contribution in [2.75, 3.05) is 13.7 Å². The summed E-state index contributed by atoms with van der Waals surface area (Å²) < 4.78 is 4.80. The topological polar surface area (TPSA) is 46.6 Å². The number of carbonyl (C=O) groups is 2. The van der Waals surface area contributed by atoms with E-state index >= 15 is 0 Å². The zero-order chi connectivity index (χ0) is 16.4. The molecule has 4 bridgehead atoms. The van der Waals surface area contributed by atoms with E-state index in [1.165, 1.54) is 45.6 Å². The molecular formula is C19H31NO3. The molecule has 1 amide bonds. The third-order valence-corrected chi connectivity index (χ3v) is 6.39. The van der Waals surface area contributed by atoms with Gasteiger partial charge in [0.25, 0.3) is 0 Å². The molecule has 0 saturated heterocycles. The van der Waals surface area contributed by atoms with Crippen LogP contribution in [-0.4, -0.2) is 36.0 Å². The summed E-state index contributed by atoms with van der Waals surface area (Å²) in [5, 5.41) is 0. The fourth-order valence-corrected chi connectivity index (χ4v) is 5.79. The van der Waals surface area contributed by atoms with Crippen LogP contribution in [0.4, 0.5) is 0 Å². The van der Waals surface area contributed by atoms with Crippen molar-refractivity contribution in [1.29, 1.82) is 0 Å². The molecule has 130 valence electrons. The number of unbranched alkanes of at least 4 members (excludes halogenated alkanes) is 1. The first-order valence-corrected chi connectivity index (χ1v) is 9.43. The molecule has 4 nitrogen and oxygen atoms in total. The van der Waals surface area contributed by atoms with Gasteiger partial charge in [-0.3, -0.25) is 9.59 Å². The lowest BCUT2D eigenvalue weighted by molar-refractivity contribution is -0.153. The van der Waals surface area contributed by atoms with Crippen LogP contribution >= 0.6 is 0 Å². The van der Waals surface area contributed by atoms with Gasteiger partial charge in [0.1, 0.15) is 0 Å². The van der Waals surface area contributed by atoms with E-state index < -0.39 is 0 Å². The highest BCUT2D eigenvalue weighted by Gasteiger charge is 2.54. The maximum atomic E-state index is 12.9. The van der Waals surface area contributed by atoms with Gasteiger partial charge in [-0.15, -0.1) is 0 Å². The van der Waals surface area contributed by atoms with Crippen molar-refractivity contribution in [2.45, 2.75) is 76.7 Å². The second kappa shape index (κ2) is 6.82. The number of methoxy groups -OCH3 is 1. The molecule has 0 heterocycles. The van der Waals surface area contributed by atoms with Crippen LogP contribution in [0.5, 0.6) is 0 Å². The number of nitrogens with zero attached hydrogens (tertiary/aromatic N) is 1. The van der Waals surface area contributed by atoms with Crippen LogP contribution in [0, 0.1) is 17.8 Å². The molecule has 4 rings (SSSR count). The van der Waals surface area contributed by atoms with Crippen molar-refractivity contribution in [3.63, 3.8) is 0 Å². The molecule has 4 saturated carbocycles. The van der Waals surface area contributed by atoms with E-state index in [0.29, 0.717) is 19.4 Å². The standard InChI is InChI=1S/C19H31NO3/c1-3-4-5-17(21)20(7-6-18(22)23-2)19-11-14-8-15(12-19)10-16(9-14)13-19/h14-16H,3-13H2,1-2H3. The molecule has 4 fully saturated rings. The molecule has 0 spiro atoms. The SMILES string of the molecule is CCCCC(=O)N(CCC(=O)OC)C12CC3CC(CC(C3)C1)C2. The molecule has 4 heteroatoms. The van der Waals surface area contributed by atoms with Crippen molar-refractivity contribution in [1.82, 2.24) is 4.90 Å². The monoisotopic (exact) mass is 321 g/mol. The van der Waals surface area contributed by atoms with Gasteiger partial charge in [-0.2, -0.15) is 0 Å². The molecule has 0 aromatic heterocycles. The third-order valence-electron chi connectivity index (χ3n) is 6.39. The number of ether oxygens (including phenoxy) is 1. The summed E-state index contributed by atoms with van der Waals surface area (Å²) in [5.41, 5.74) is 0.0492. The molecule has 4 aliphatic rings. The zero-order valence-electron chi connectivity index (χ0n) is 14.7. The average Bonchev–Trinajstić information content (AvgIpc) is 2.51. The Balaban J connectivity index is 1.76. The van der Waals surface area contributed by atoms with Crippen LogP contribution in [0.15, 0.2) is 0 Å². The zero-order valence-corrected chi connectivity index (χ0v) is 14.7. The summed E-state index contributed by atoms with van der Waals surface area (Å²) in [4.78, 5) is 26.6. The number of hydrogen-bond acceptors (Lipinski definition) is 3. The molecule has 0 aromatic carbocycles. The second-order valence-electron chi connectivity index (χ2n) is 8.12. The Hall–Kier alpha value is -1.06. The van der Waals surface area contributed by atoms with E-state index in [0.717, 1.165) is 30.6 Å². The van der Waals surface area contributed by atoms with Crippen LogP contribution < -0.4 is 0 Å². The number of amides is 1. The number of rotatable bonds is 7. The lowest BCUT2D eigenvalue weighted by Gasteiger charge is -2.60. The van der Waals surface area contributed by atoms with Crippen molar-refractivity contribution < 1.29 is 14.3 Å². The predicted molar refractivity (Wildman–Crippen MR) is 88.8 cm³/mol. The fourth-order valence-electron chi connectivity index (χ4n) is 5.79. The highest BCUT2D eigenvalue weighted by atomic mass is 16.5. The first-order chi connectivity index (χ1) is 11.1. The summed E-state index contributed by atoms with van der Waals surface area (Å²) in [6.07, 6.45) is 10.5. The molecular weight excluding hydrogens is 290 g/mol. The van der Waals surface area contributed by atoms with Crippen LogP contribution in [0.2, 0.25) is 0 Å². The molecule has 0 N–H and O–H groups in total. The molecule has 0 atom stereocenters. The van der Waals surface area contributed by atoms with Crippen molar-refractivity contribution in [3.8, 4) is 0 Å². The first-order valence-electron chi connectivity index (χ1n) is 9.43. The van der Waals surface area contributed by atoms with Gasteiger partial charge in [0.2, 0.25) is 5.91 Å². The normalized spacial score (nSPS) is 34.4. The Bertz CT molecular complexity index is 424. The summed E-state index contributed by atoms with van der Waals surface area (Å²) in [5.74, 6) is 2.48. The highest BCUT2D eigenvalue weighted by Crippen LogP contribution is 2.57. The van der Waals surface area contributed by atoms with Gasteiger partial charge in [-0.1, -0.05) is 13.3 Å². The highest BCUT2D eigenvalue weighted by molar-refractivity contribution is 5.78. The van der Waals surface area contributed by atoms with Crippen LogP contribution in [0.1, 0.15) is 71.1 Å². The third kappa shape index (κ3) is 3.41. The quantitative estimate of drug-likeness (QED) is 0.674. The second-order valence-corrected chi connectivity index (χ2v) is 8.12. The van der Waals surface area contributed by atoms with E-state index in [2.05, 4.69) is 11.8 Å². The van der Waals surface area contributed by atoms with E-state index in [1.807, 2.05) is 0 Å². The van der Waals surface area contributed by atoms with Crippen LogP contribution in [0.3, 0.4) is 0 Å². The van der Waals surface area contributed by atoms with Crippen molar-refractivity contribution >= 4 is 11.9 Å². The maximum Gasteiger partial charge on any atom is 0.307 e. The lowest BCUT2D eigenvalue weighted by Crippen LogP contribution is -2.61. The summed E-state index contributed by atoms with van der Waals surface area (Å²) >= 11 is 0. The molecule has 0 radical (unpaired) electrons. The minimum Gasteiger partial charge on any atom is -0.469 e. The first kappa shape index (κ1) is 16.8. The number of esters is 1. The Kier molecular flexibility index (Phi) is 4.98. The minimum atomic E-state index is -0.206. The Morgan fingerprint density at radius 1 is 1.04 bits per heavy atom. The van der Waals surface area contributed by atoms with E-state index in [4.69, 9.17) is 4.74 Å². The van der Waals surface area contributed by atoms with Gasteiger partial charge in [0, 0.05) is 18.5 Å². The molecule has 23 heavy (non-hydrogen) atoms. The summed E-state index contributed by atoms with van der Waals surface area (Å²) in [7, 11) is 1.43. The molecule has 0 unspecified atom stereocenters. The molecule has 0 aromatic rings. The van der Waals surface area contributed by atoms with Crippen molar-refractivity contribution in [3.05, 3.63) is 0 Å². The minimum absolute atomic E-state index is 0.0492. The maximum absolute atomic E-state index is 12.9. The Morgan fingerprint density at radius 3 is 2.09 bits per heavy atom. The summed E-state index contributed by atoms with van der Waals surface area (Å²) in [6, 6.07) is 0. The fraction of sp³-hybridized carbons (Fsp3) is 0.895. The van der Waals surface area contributed by atoms with E-state index in [-0.39, 0.29) is 17.4 Å². The van der Waals surface area contributed by atoms with Gasteiger partial charge < -0.3 is 9.64 Å². The van der Waals surface area contributed by atoms with E-state index in [9.17, 15) is 9.59 Å². The smallest absolute Gasteiger partial charge is 0.307 e. The number of carbonyl (C=O) groups excluding carboxylic acids is 2. The predicted octanol–water partition coefficient (Wildman–Crippen LogP) is 3.54. The van der Waals surface area contributed by atoms with Crippen LogP contribution in [-0.2, 0) is 14.3 Å². The van der Waals surface area contributed by atoms with Crippen LogP contribution in [0.25, 0.3) is 0 Å². The molecule has 0 aliphatic heterocycles. The summed E-state index contributed by atoms with van der Waals surface area (Å²) in [6.45, 7) is 2.66. The van der Waals surface area contributed by atoms with Gasteiger partial charge in [0.15, 0.2) is 0 Å². The van der Waals surface area contributed by atoms with E-state index in [1.54, 1.807) is 0 Å². The Morgan fingerprint density at radius 2 is 1.61 bits per heavy atom. The van der Waals surface area contributed by atoms with Crippen molar-refractivity contribution in [2.24, 2.45) is 17.8 Å². The largest absolute Gasteiger partial charge is 0.469 e. The number of hydrogen-bond donors (Lipinski definition) is 0. The molecule has 4 aliphatic carbocycles. The van der Waals surface area contributed by atoms with Gasteiger partial charge in [0.05, 0.1) is 13.5 Å². The lowest BCUT2D eigenvalue weighted by atomic mass is 9.52. The Labute approximate surface area is 139 Å². The average molecular weight is 321 g/mol. The van der Waals surface area contributed by atoms with Gasteiger partial charge >= 0.3 is 5.97 Å². The van der Waals surface area contributed by atoms with Gasteiger partial charge in [-0.05, 0) is 62.7 Å².